The molecule has 41 heavy (non-hydrogen) atoms. The molecule has 214 valence electrons. The lowest BCUT2D eigenvalue weighted by molar-refractivity contribution is 0.0942. The summed E-state index contributed by atoms with van der Waals surface area (Å²) in [5, 5.41) is 6.22. The molecule has 0 fully saturated rings. The number of methoxy groups -OCH3 is 1. The lowest BCUT2D eigenvalue weighted by atomic mass is 9.95. The van der Waals surface area contributed by atoms with Gasteiger partial charge < -0.3 is 24.9 Å². The van der Waals surface area contributed by atoms with E-state index in [-0.39, 0.29) is 19.1 Å². The Morgan fingerprint density at radius 3 is 2.49 bits per heavy atom. The number of anilines is 1. The van der Waals surface area contributed by atoms with Gasteiger partial charge in [-0.2, -0.15) is 0 Å². The quantitative estimate of drug-likeness (QED) is 0.113. The molecular formula is C29H31N3O7P2. The van der Waals surface area contributed by atoms with Crippen LogP contribution in [0.1, 0.15) is 32.7 Å². The van der Waals surface area contributed by atoms with Crippen LogP contribution < -0.4 is 15.1 Å². The van der Waals surface area contributed by atoms with Gasteiger partial charge in [0.2, 0.25) is 0 Å². The third-order valence-electron chi connectivity index (χ3n) is 6.07. The summed E-state index contributed by atoms with van der Waals surface area (Å²) >= 11 is 0. The number of ether oxygens (including phenoxy) is 1. The fourth-order valence-corrected chi connectivity index (χ4v) is 5.91. The monoisotopic (exact) mass is 595 g/mol. The molecule has 4 N–H and O–H groups in total. The second kappa shape index (κ2) is 13.4. The smallest absolute Gasteiger partial charge is 0.478 e. The van der Waals surface area contributed by atoms with Gasteiger partial charge in [0.25, 0.3) is 14.4 Å². The first kappa shape index (κ1) is 30.3. The Balaban J connectivity index is 1.39. The summed E-state index contributed by atoms with van der Waals surface area (Å²) in [4.78, 5) is 37.3. The van der Waals surface area contributed by atoms with Crippen molar-refractivity contribution < 1.29 is 32.7 Å². The van der Waals surface area contributed by atoms with Gasteiger partial charge in [-0.05, 0) is 66.9 Å². The summed E-state index contributed by atoms with van der Waals surface area (Å²) in [6.07, 6.45) is 0. The minimum absolute atomic E-state index is 0.0431. The van der Waals surface area contributed by atoms with Crippen molar-refractivity contribution in [2.45, 2.75) is 13.8 Å². The van der Waals surface area contributed by atoms with Crippen LogP contribution in [0.3, 0.4) is 0 Å². The van der Waals surface area contributed by atoms with E-state index in [0.717, 1.165) is 33.3 Å². The molecule has 0 saturated heterocycles. The minimum atomic E-state index is -4.66. The van der Waals surface area contributed by atoms with Gasteiger partial charge in [-0.1, -0.05) is 48.5 Å². The number of nitrogens with zero attached hydrogens (tertiary/aromatic N) is 1. The number of hydrogen-bond donors (Lipinski definition) is 4. The molecule has 0 radical (unpaired) electrons. The van der Waals surface area contributed by atoms with Crippen LogP contribution in [0.15, 0.2) is 79.4 Å². The molecule has 1 aromatic heterocycles. The zero-order valence-electron chi connectivity index (χ0n) is 22.8. The highest BCUT2D eigenvalue weighted by molar-refractivity contribution is 7.61. The maximum Gasteiger partial charge on any atom is 0.478 e. The molecule has 0 aliphatic heterocycles. The van der Waals surface area contributed by atoms with E-state index in [0.29, 0.717) is 22.6 Å². The average Bonchev–Trinajstić information content (AvgIpc) is 2.94. The third-order valence-corrected chi connectivity index (χ3v) is 8.45. The highest BCUT2D eigenvalue weighted by Gasteiger charge is 2.27. The number of carbonyl (C=O) groups excluding carboxylic acids is 1. The first-order valence-corrected chi connectivity index (χ1v) is 15.3. The molecular weight excluding hydrogens is 564 g/mol. The minimum Gasteiger partial charge on any atom is -0.495 e. The Labute approximate surface area is 239 Å². The zero-order valence-corrected chi connectivity index (χ0v) is 24.6. The van der Waals surface area contributed by atoms with Crippen LogP contribution in [-0.4, -0.2) is 40.9 Å². The number of phosphoric acid groups is 1. The Bertz CT molecular complexity index is 1610. The topological polar surface area (TPSA) is 139 Å². The van der Waals surface area contributed by atoms with Crippen LogP contribution in [0.5, 0.6) is 5.75 Å². The molecule has 0 spiro atoms. The van der Waals surface area contributed by atoms with Crippen LogP contribution in [0.4, 0.5) is 5.69 Å². The van der Waals surface area contributed by atoms with Gasteiger partial charge in [0.05, 0.1) is 24.9 Å². The number of para-hydroxylation sites is 1. The summed E-state index contributed by atoms with van der Waals surface area (Å²) < 4.78 is 27.6. The maximum atomic E-state index is 12.4. The second-order valence-corrected chi connectivity index (χ2v) is 11.7. The standard InChI is InChI=1S/C29H31N3O7P2/c1-19-9-11-22(12-10-19)29(33)30-15-16-38-41(35,36)39-40(34)32-27-18-23(13-14-28(27)37-4)21(3)25-17-20(2)31-26-8-6-5-7-24(25)26/h5-14,17-18,32,34H,3,15-16H2,1-2,4H3,(H,30,33)(H,35,36). The van der Waals surface area contributed by atoms with Gasteiger partial charge in [0.15, 0.2) is 0 Å². The van der Waals surface area contributed by atoms with Gasteiger partial charge in [0.1, 0.15) is 5.75 Å². The van der Waals surface area contributed by atoms with Gasteiger partial charge in [-0.3, -0.25) is 14.3 Å². The summed E-state index contributed by atoms with van der Waals surface area (Å²) in [6.45, 7) is 7.74. The van der Waals surface area contributed by atoms with E-state index < -0.39 is 16.3 Å². The van der Waals surface area contributed by atoms with Crippen LogP contribution >= 0.6 is 16.3 Å². The number of rotatable bonds is 12. The number of aryl methyl sites for hydroxylation is 2. The van der Waals surface area contributed by atoms with Crippen LogP contribution in [0.2, 0.25) is 0 Å². The predicted octanol–water partition coefficient (Wildman–Crippen LogP) is 6.12. The molecule has 12 heteroatoms. The Morgan fingerprint density at radius 1 is 1.05 bits per heavy atom. The molecule has 0 saturated carbocycles. The number of benzene rings is 3. The van der Waals surface area contributed by atoms with Crippen molar-refractivity contribution in [2.24, 2.45) is 0 Å². The summed E-state index contributed by atoms with van der Waals surface area (Å²) in [7, 11) is -5.85. The molecule has 0 aliphatic rings. The van der Waals surface area contributed by atoms with E-state index in [1.165, 1.54) is 7.11 Å². The molecule has 0 bridgehead atoms. The van der Waals surface area contributed by atoms with E-state index in [9.17, 15) is 19.1 Å². The van der Waals surface area contributed by atoms with Crippen molar-refractivity contribution in [1.82, 2.24) is 10.3 Å². The number of hydrogen-bond acceptors (Lipinski definition) is 8. The van der Waals surface area contributed by atoms with Crippen molar-refractivity contribution in [3.63, 3.8) is 0 Å². The molecule has 4 aromatic rings. The third kappa shape index (κ3) is 7.99. The largest absolute Gasteiger partial charge is 0.495 e. The second-order valence-electron chi connectivity index (χ2n) is 9.11. The molecule has 2 unspecified atom stereocenters. The molecule has 4 rings (SSSR count). The predicted molar refractivity (Wildman–Crippen MR) is 161 cm³/mol. The number of aromatic nitrogens is 1. The first-order chi connectivity index (χ1) is 19.6. The number of phosphoric ester groups is 1. The first-order valence-electron chi connectivity index (χ1n) is 12.6. The average molecular weight is 596 g/mol. The van der Waals surface area contributed by atoms with Crippen molar-refractivity contribution >= 4 is 44.4 Å². The normalized spacial score (nSPS) is 13.3. The SMILES string of the molecule is C=C(c1ccc(OC)c(NP(O)OP(=O)(O)OCCNC(=O)c2ccc(C)cc2)c1)c1cc(C)nc2ccccc12. The van der Waals surface area contributed by atoms with E-state index in [2.05, 4.69) is 22.0 Å². The highest BCUT2D eigenvalue weighted by atomic mass is 31.3. The van der Waals surface area contributed by atoms with Crippen LogP contribution in [-0.2, 0) is 13.4 Å². The Hall–Kier alpha value is -3.62. The van der Waals surface area contributed by atoms with Crippen molar-refractivity contribution in [1.29, 1.82) is 0 Å². The summed E-state index contributed by atoms with van der Waals surface area (Å²) in [5.41, 5.74) is 5.81. The van der Waals surface area contributed by atoms with E-state index in [1.54, 1.807) is 36.4 Å². The number of pyridine rings is 1. The van der Waals surface area contributed by atoms with Gasteiger partial charge >= 0.3 is 7.82 Å². The summed E-state index contributed by atoms with van der Waals surface area (Å²) in [5.74, 6) is 0.0202. The molecule has 1 heterocycles. The van der Waals surface area contributed by atoms with E-state index in [1.807, 2.05) is 50.2 Å². The van der Waals surface area contributed by atoms with Gasteiger partial charge in [0, 0.05) is 23.2 Å². The lowest BCUT2D eigenvalue weighted by Crippen LogP contribution is -2.27. The summed E-state index contributed by atoms with van der Waals surface area (Å²) in [6, 6.07) is 21.9. The number of amides is 1. The number of nitrogens with one attached hydrogen (secondary N) is 2. The van der Waals surface area contributed by atoms with Crippen LogP contribution in [0, 0.1) is 13.8 Å². The van der Waals surface area contributed by atoms with E-state index >= 15 is 0 Å². The molecule has 2 atom stereocenters. The Kier molecular flexibility index (Phi) is 9.89. The van der Waals surface area contributed by atoms with Crippen LogP contribution in [0.25, 0.3) is 16.5 Å². The molecule has 3 aromatic carbocycles. The zero-order chi connectivity index (χ0) is 29.6. The van der Waals surface area contributed by atoms with Crippen molar-refractivity contribution in [3.05, 3.63) is 107 Å². The number of fused-ring (bicyclic) bond motifs is 1. The molecule has 10 nitrogen and oxygen atoms in total. The molecule has 0 aliphatic carbocycles. The fourth-order valence-electron chi connectivity index (χ4n) is 4.07. The van der Waals surface area contributed by atoms with Crippen molar-refractivity contribution in [3.8, 4) is 5.75 Å². The highest BCUT2D eigenvalue weighted by Crippen LogP contribution is 2.55. The van der Waals surface area contributed by atoms with Crippen molar-refractivity contribution in [2.75, 3.05) is 25.3 Å². The van der Waals surface area contributed by atoms with Gasteiger partial charge in [-0.25, -0.2) is 8.88 Å². The Morgan fingerprint density at radius 2 is 1.76 bits per heavy atom. The fraction of sp³-hybridized carbons (Fsp3) is 0.172. The lowest BCUT2D eigenvalue weighted by Gasteiger charge is -2.19. The number of carbonyl (C=O) groups is 1. The molecule has 1 amide bonds. The van der Waals surface area contributed by atoms with E-state index in [4.69, 9.17) is 13.6 Å². The van der Waals surface area contributed by atoms with Gasteiger partial charge in [-0.15, -0.1) is 0 Å². The maximum absolute atomic E-state index is 12.4.